The maximum absolute atomic E-state index is 14.4. The van der Waals surface area contributed by atoms with Crippen LogP contribution in [0.4, 0.5) is 4.39 Å². The van der Waals surface area contributed by atoms with Gasteiger partial charge in [-0.2, -0.15) is 0 Å². The van der Waals surface area contributed by atoms with Crippen molar-refractivity contribution in [1.82, 2.24) is 9.62 Å². The molecule has 3 N–H and O–H groups in total. The number of nitrogens with two attached hydrogens (primary N) is 1. The van der Waals surface area contributed by atoms with Crippen molar-refractivity contribution in [2.24, 2.45) is 5.73 Å². The van der Waals surface area contributed by atoms with Gasteiger partial charge in [0.05, 0.1) is 10.5 Å². The number of hydrogen-bond acceptors (Lipinski definition) is 4. The lowest BCUT2D eigenvalue weighted by molar-refractivity contribution is 0.0788. The van der Waals surface area contributed by atoms with Gasteiger partial charge in [-0.05, 0) is 43.9 Å². The molecule has 1 fully saturated rings. The van der Waals surface area contributed by atoms with E-state index in [1.165, 1.54) is 12.1 Å². The predicted molar refractivity (Wildman–Crippen MR) is 94.2 cm³/mol. The highest BCUT2D eigenvalue weighted by Crippen LogP contribution is 2.22. The van der Waals surface area contributed by atoms with Gasteiger partial charge in [-0.1, -0.05) is 13.8 Å². The molecule has 1 amide bonds. The number of likely N-dealkylation sites (tertiary alicyclic amines) is 1. The van der Waals surface area contributed by atoms with Gasteiger partial charge in [-0.15, -0.1) is 0 Å². The van der Waals surface area contributed by atoms with E-state index < -0.39 is 27.3 Å². The molecule has 1 aromatic carbocycles. The highest BCUT2D eigenvalue weighted by molar-refractivity contribution is 7.89. The van der Waals surface area contributed by atoms with Gasteiger partial charge in [0.2, 0.25) is 10.0 Å². The SMILES string of the molecule is CCC(CC)(CN)NS(=O)(=O)c1ccc(C(=O)N2CCCC2)c(F)c1. The Hall–Kier alpha value is -1.51. The number of rotatable bonds is 7. The summed E-state index contributed by atoms with van der Waals surface area (Å²) in [6, 6.07) is 3.41. The Labute approximate surface area is 148 Å². The van der Waals surface area contributed by atoms with Gasteiger partial charge in [0.1, 0.15) is 5.82 Å². The van der Waals surface area contributed by atoms with E-state index in [0.717, 1.165) is 18.9 Å². The maximum atomic E-state index is 14.4. The van der Waals surface area contributed by atoms with Crippen molar-refractivity contribution >= 4 is 15.9 Å². The second kappa shape index (κ2) is 7.80. The zero-order chi connectivity index (χ0) is 18.7. The van der Waals surface area contributed by atoms with E-state index in [4.69, 9.17) is 5.73 Å². The highest BCUT2D eigenvalue weighted by Gasteiger charge is 2.31. The molecule has 2 rings (SSSR count). The summed E-state index contributed by atoms with van der Waals surface area (Å²) in [7, 11) is -3.93. The Balaban J connectivity index is 2.28. The van der Waals surface area contributed by atoms with E-state index in [9.17, 15) is 17.6 Å². The van der Waals surface area contributed by atoms with Gasteiger partial charge in [-0.3, -0.25) is 4.79 Å². The van der Waals surface area contributed by atoms with Crippen LogP contribution in [0.5, 0.6) is 0 Å². The third-order valence-corrected chi connectivity index (χ3v) is 6.55. The summed E-state index contributed by atoms with van der Waals surface area (Å²) >= 11 is 0. The molecule has 6 nitrogen and oxygen atoms in total. The third-order valence-electron chi connectivity index (χ3n) is 4.97. The summed E-state index contributed by atoms with van der Waals surface area (Å²) in [5.41, 5.74) is 4.86. The minimum Gasteiger partial charge on any atom is -0.339 e. The average molecular weight is 371 g/mol. The standard InChI is InChI=1S/C17H26FN3O3S/c1-3-17(4-2,12-19)20-25(23,24)13-7-8-14(15(18)11-13)16(22)21-9-5-6-10-21/h7-8,11,20H,3-6,9-10,12,19H2,1-2H3. The van der Waals surface area contributed by atoms with Crippen molar-refractivity contribution in [2.75, 3.05) is 19.6 Å². The molecule has 0 unspecified atom stereocenters. The van der Waals surface area contributed by atoms with Crippen LogP contribution in [0.25, 0.3) is 0 Å². The topological polar surface area (TPSA) is 92.5 Å². The normalized spacial score (nSPS) is 15.6. The minimum absolute atomic E-state index is 0.100. The molecule has 0 aliphatic carbocycles. The van der Waals surface area contributed by atoms with E-state index in [1.807, 2.05) is 13.8 Å². The first-order chi connectivity index (χ1) is 11.8. The lowest BCUT2D eigenvalue weighted by atomic mass is 9.95. The number of carbonyl (C=O) groups is 1. The number of halogens is 1. The summed E-state index contributed by atoms with van der Waals surface area (Å²) in [5, 5.41) is 0. The molecule has 8 heteroatoms. The lowest BCUT2D eigenvalue weighted by Crippen LogP contribution is -2.52. The van der Waals surface area contributed by atoms with Gasteiger partial charge in [-0.25, -0.2) is 17.5 Å². The number of amides is 1. The van der Waals surface area contributed by atoms with Crippen LogP contribution in [-0.4, -0.2) is 44.4 Å². The van der Waals surface area contributed by atoms with Gasteiger partial charge < -0.3 is 10.6 Å². The summed E-state index contributed by atoms with van der Waals surface area (Å²) < 4.78 is 42.2. The molecule has 0 radical (unpaired) electrons. The van der Waals surface area contributed by atoms with Gasteiger partial charge in [0.15, 0.2) is 0 Å². The first kappa shape index (κ1) is 19.8. The zero-order valence-corrected chi connectivity index (χ0v) is 15.5. The van der Waals surface area contributed by atoms with Crippen molar-refractivity contribution in [1.29, 1.82) is 0 Å². The number of sulfonamides is 1. The number of nitrogens with one attached hydrogen (secondary N) is 1. The average Bonchev–Trinajstić information content (AvgIpc) is 3.14. The molecular formula is C17H26FN3O3S. The molecule has 140 valence electrons. The second-order valence-corrected chi connectivity index (χ2v) is 8.12. The van der Waals surface area contributed by atoms with Gasteiger partial charge in [0.25, 0.3) is 5.91 Å². The maximum Gasteiger partial charge on any atom is 0.256 e. The van der Waals surface area contributed by atoms with E-state index in [0.29, 0.717) is 25.9 Å². The molecule has 1 aliphatic rings. The fraction of sp³-hybridized carbons (Fsp3) is 0.588. The predicted octanol–water partition coefficient (Wildman–Crippen LogP) is 1.86. The molecule has 1 saturated heterocycles. The molecule has 0 bridgehead atoms. The van der Waals surface area contributed by atoms with Gasteiger partial charge in [0, 0.05) is 25.2 Å². The Morgan fingerprint density at radius 3 is 2.36 bits per heavy atom. The molecule has 1 aliphatic heterocycles. The fourth-order valence-electron chi connectivity index (χ4n) is 3.00. The van der Waals surface area contributed by atoms with Crippen LogP contribution >= 0.6 is 0 Å². The van der Waals surface area contributed by atoms with E-state index >= 15 is 0 Å². The van der Waals surface area contributed by atoms with Crippen molar-refractivity contribution in [3.8, 4) is 0 Å². The van der Waals surface area contributed by atoms with Crippen LogP contribution in [-0.2, 0) is 10.0 Å². The van der Waals surface area contributed by atoms with Crippen LogP contribution in [0, 0.1) is 5.82 Å². The first-order valence-corrected chi connectivity index (χ1v) is 10.1. The second-order valence-electron chi connectivity index (χ2n) is 6.44. The largest absolute Gasteiger partial charge is 0.339 e. The first-order valence-electron chi connectivity index (χ1n) is 8.61. The number of hydrogen-bond donors (Lipinski definition) is 2. The number of nitrogens with zero attached hydrogens (tertiary/aromatic N) is 1. The fourth-order valence-corrected chi connectivity index (χ4v) is 4.56. The number of benzene rings is 1. The van der Waals surface area contributed by atoms with Crippen molar-refractivity contribution < 1.29 is 17.6 Å². The third kappa shape index (κ3) is 4.19. The Morgan fingerprint density at radius 2 is 1.88 bits per heavy atom. The molecule has 1 aromatic rings. The van der Waals surface area contributed by atoms with E-state index in [-0.39, 0.29) is 17.0 Å². The molecule has 0 atom stereocenters. The van der Waals surface area contributed by atoms with E-state index in [1.54, 1.807) is 4.90 Å². The van der Waals surface area contributed by atoms with E-state index in [2.05, 4.69) is 4.72 Å². The van der Waals surface area contributed by atoms with Crippen LogP contribution in [0.2, 0.25) is 0 Å². The van der Waals surface area contributed by atoms with Crippen LogP contribution in [0.1, 0.15) is 49.9 Å². The van der Waals surface area contributed by atoms with Crippen LogP contribution in [0.3, 0.4) is 0 Å². The van der Waals surface area contributed by atoms with Crippen LogP contribution in [0.15, 0.2) is 23.1 Å². The quantitative estimate of drug-likeness (QED) is 0.765. The molecule has 0 aromatic heterocycles. The molecule has 0 saturated carbocycles. The summed E-state index contributed by atoms with van der Waals surface area (Å²) in [4.78, 5) is 13.7. The van der Waals surface area contributed by atoms with Crippen molar-refractivity contribution in [3.63, 3.8) is 0 Å². The number of carbonyl (C=O) groups excluding carboxylic acids is 1. The minimum atomic E-state index is -3.93. The lowest BCUT2D eigenvalue weighted by Gasteiger charge is -2.31. The summed E-state index contributed by atoms with van der Waals surface area (Å²) in [6.07, 6.45) is 2.85. The molecular weight excluding hydrogens is 345 g/mol. The molecule has 25 heavy (non-hydrogen) atoms. The Bertz CT molecular complexity index is 718. The monoisotopic (exact) mass is 371 g/mol. The Kier molecular flexibility index (Phi) is 6.18. The van der Waals surface area contributed by atoms with Crippen molar-refractivity contribution in [3.05, 3.63) is 29.6 Å². The highest BCUT2D eigenvalue weighted by atomic mass is 32.2. The zero-order valence-electron chi connectivity index (χ0n) is 14.7. The summed E-state index contributed by atoms with van der Waals surface area (Å²) in [5.74, 6) is -1.23. The molecule has 0 spiro atoms. The summed E-state index contributed by atoms with van der Waals surface area (Å²) in [6.45, 7) is 5.04. The van der Waals surface area contributed by atoms with Crippen LogP contribution < -0.4 is 10.5 Å². The smallest absolute Gasteiger partial charge is 0.256 e. The molecule has 1 heterocycles. The van der Waals surface area contributed by atoms with Gasteiger partial charge >= 0.3 is 0 Å². The Morgan fingerprint density at radius 1 is 1.28 bits per heavy atom. The van der Waals surface area contributed by atoms with Crippen molar-refractivity contribution in [2.45, 2.75) is 50.0 Å².